The zero-order valence-electron chi connectivity index (χ0n) is 16.3. The highest BCUT2D eigenvalue weighted by atomic mass is 32.2. The lowest BCUT2D eigenvalue weighted by atomic mass is 10.1. The molecular formula is C20H26N4O3S. The van der Waals surface area contributed by atoms with E-state index in [9.17, 15) is 0 Å². The summed E-state index contributed by atoms with van der Waals surface area (Å²) in [6, 6.07) is 6.05. The second kappa shape index (κ2) is 8.98. The molecule has 2 aliphatic heterocycles. The van der Waals surface area contributed by atoms with Gasteiger partial charge < -0.3 is 23.8 Å². The minimum absolute atomic E-state index is 0.109. The Bertz CT molecular complexity index is 797. The number of likely N-dealkylation sites (N-methyl/N-ethyl adjacent to an activating group) is 1. The molecule has 0 aliphatic carbocycles. The predicted octanol–water partition coefficient (Wildman–Crippen LogP) is 2.80. The van der Waals surface area contributed by atoms with E-state index >= 15 is 0 Å². The zero-order chi connectivity index (χ0) is 19.3. The highest BCUT2D eigenvalue weighted by Crippen LogP contribution is 2.31. The lowest BCUT2D eigenvalue weighted by Gasteiger charge is -2.14. The first-order valence-electron chi connectivity index (χ1n) is 9.60. The van der Waals surface area contributed by atoms with E-state index < -0.39 is 0 Å². The average Bonchev–Trinajstić information content (AvgIpc) is 3.16. The van der Waals surface area contributed by atoms with Gasteiger partial charge in [-0.1, -0.05) is 0 Å². The third kappa shape index (κ3) is 4.68. The summed E-state index contributed by atoms with van der Waals surface area (Å²) in [7, 11) is 3.81. The van der Waals surface area contributed by atoms with Crippen LogP contribution in [0, 0.1) is 0 Å². The van der Waals surface area contributed by atoms with E-state index in [2.05, 4.69) is 27.7 Å². The Hall–Kier alpha value is -2.03. The van der Waals surface area contributed by atoms with Gasteiger partial charge in [-0.25, -0.2) is 9.97 Å². The van der Waals surface area contributed by atoms with Crippen molar-refractivity contribution in [3.63, 3.8) is 0 Å². The van der Waals surface area contributed by atoms with Crippen LogP contribution in [-0.4, -0.2) is 61.4 Å². The molecule has 0 bridgehead atoms. The quantitative estimate of drug-likeness (QED) is 0.740. The monoisotopic (exact) mass is 402 g/mol. The molecule has 150 valence electrons. The number of anilines is 1. The molecule has 8 heteroatoms. The summed E-state index contributed by atoms with van der Waals surface area (Å²) in [5.74, 6) is 1.26. The maximum absolute atomic E-state index is 5.81. The molecule has 2 aromatic rings. The molecule has 1 fully saturated rings. The highest BCUT2D eigenvalue weighted by molar-refractivity contribution is 8.00. The standard InChI is InChI=1S/C20H26N4O3S/c1-24-8-5-14-11-18(20(25-2)22-17(14)6-9-24)23-28-16-3-4-19(21-12-16)27-15-7-10-26-13-15/h3-4,11-12,15,23H,5-10,13H2,1-2H3. The summed E-state index contributed by atoms with van der Waals surface area (Å²) < 4.78 is 20.0. The Morgan fingerprint density at radius 1 is 1.29 bits per heavy atom. The average molecular weight is 403 g/mol. The fourth-order valence-electron chi connectivity index (χ4n) is 3.34. The van der Waals surface area contributed by atoms with Crippen LogP contribution < -0.4 is 14.2 Å². The molecule has 1 atom stereocenters. The maximum atomic E-state index is 5.81. The largest absolute Gasteiger partial charge is 0.479 e. The van der Waals surface area contributed by atoms with E-state index in [1.807, 2.05) is 12.1 Å². The Kier molecular flexibility index (Phi) is 6.19. The van der Waals surface area contributed by atoms with Crippen LogP contribution in [0.2, 0.25) is 0 Å². The van der Waals surface area contributed by atoms with Gasteiger partial charge in [-0.15, -0.1) is 0 Å². The van der Waals surface area contributed by atoms with Gasteiger partial charge in [0.25, 0.3) is 0 Å². The topological polar surface area (TPSA) is 68.7 Å². The summed E-state index contributed by atoms with van der Waals surface area (Å²) in [5, 5.41) is 0. The van der Waals surface area contributed by atoms with Crippen molar-refractivity contribution in [1.29, 1.82) is 0 Å². The smallest absolute Gasteiger partial charge is 0.238 e. The lowest BCUT2D eigenvalue weighted by molar-refractivity contribution is 0.138. The number of nitrogens with one attached hydrogen (secondary N) is 1. The molecule has 7 nitrogen and oxygen atoms in total. The van der Waals surface area contributed by atoms with Gasteiger partial charge in [-0.2, -0.15) is 0 Å². The predicted molar refractivity (Wildman–Crippen MR) is 109 cm³/mol. The van der Waals surface area contributed by atoms with Gasteiger partial charge in [0.05, 0.1) is 20.3 Å². The molecular weight excluding hydrogens is 376 g/mol. The third-order valence-corrected chi connectivity index (χ3v) is 5.81. The number of ether oxygens (including phenoxy) is 3. The Balaban J connectivity index is 1.41. The molecule has 1 unspecified atom stereocenters. The number of rotatable bonds is 6. The molecule has 1 saturated heterocycles. The van der Waals surface area contributed by atoms with Gasteiger partial charge in [0.1, 0.15) is 11.8 Å². The normalized spacial score (nSPS) is 19.7. The molecule has 28 heavy (non-hydrogen) atoms. The summed E-state index contributed by atoms with van der Waals surface area (Å²) in [6.45, 7) is 3.47. The Morgan fingerprint density at radius 3 is 2.93 bits per heavy atom. The van der Waals surface area contributed by atoms with Crippen LogP contribution >= 0.6 is 11.9 Å². The van der Waals surface area contributed by atoms with E-state index in [1.54, 1.807) is 13.3 Å². The van der Waals surface area contributed by atoms with Crippen LogP contribution in [-0.2, 0) is 17.6 Å². The number of fused-ring (bicyclic) bond motifs is 1. The van der Waals surface area contributed by atoms with E-state index in [0.717, 1.165) is 55.2 Å². The fraction of sp³-hybridized carbons (Fsp3) is 0.500. The van der Waals surface area contributed by atoms with Crippen LogP contribution in [0.3, 0.4) is 0 Å². The molecule has 0 spiro atoms. The first-order chi connectivity index (χ1) is 13.7. The molecule has 0 radical (unpaired) electrons. The molecule has 0 saturated carbocycles. The van der Waals surface area contributed by atoms with Gasteiger partial charge in [-0.3, -0.25) is 0 Å². The van der Waals surface area contributed by atoms with Crippen molar-refractivity contribution in [2.24, 2.45) is 0 Å². The van der Waals surface area contributed by atoms with Crippen LogP contribution in [0.5, 0.6) is 11.8 Å². The van der Waals surface area contributed by atoms with E-state index in [0.29, 0.717) is 18.4 Å². The third-order valence-electron chi connectivity index (χ3n) is 5.01. The molecule has 2 aliphatic rings. The minimum atomic E-state index is 0.109. The Morgan fingerprint density at radius 2 is 2.18 bits per heavy atom. The molecule has 0 amide bonds. The van der Waals surface area contributed by atoms with Crippen LogP contribution in [0.4, 0.5) is 5.69 Å². The van der Waals surface area contributed by atoms with Crippen molar-refractivity contribution >= 4 is 17.6 Å². The number of hydrogen-bond acceptors (Lipinski definition) is 8. The molecule has 1 N–H and O–H groups in total. The van der Waals surface area contributed by atoms with Gasteiger partial charge in [0.2, 0.25) is 11.8 Å². The van der Waals surface area contributed by atoms with Crippen molar-refractivity contribution in [2.45, 2.75) is 30.3 Å². The summed E-state index contributed by atoms with van der Waals surface area (Å²) >= 11 is 1.49. The van der Waals surface area contributed by atoms with Crippen molar-refractivity contribution in [2.75, 3.05) is 45.2 Å². The number of aromatic nitrogens is 2. The summed E-state index contributed by atoms with van der Waals surface area (Å²) in [6.07, 6.45) is 4.79. The van der Waals surface area contributed by atoms with E-state index in [1.165, 1.54) is 17.5 Å². The second-order valence-corrected chi connectivity index (χ2v) is 7.97. The van der Waals surface area contributed by atoms with E-state index in [-0.39, 0.29) is 6.10 Å². The Labute approximate surface area is 169 Å². The number of pyridine rings is 2. The summed E-state index contributed by atoms with van der Waals surface area (Å²) in [5.41, 5.74) is 3.31. The van der Waals surface area contributed by atoms with Crippen LogP contribution in [0.25, 0.3) is 0 Å². The van der Waals surface area contributed by atoms with Crippen molar-refractivity contribution in [1.82, 2.24) is 14.9 Å². The molecule has 2 aromatic heterocycles. The minimum Gasteiger partial charge on any atom is -0.479 e. The second-order valence-electron chi connectivity index (χ2n) is 7.09. The number of hydrogen-bond donors (Lipinski definition) is 1. The van der Waals surface area contributed by atoms with Crippen molar-refractivity contribution < 1.29 is 14.2 Å². The van der Waals surface area contributed by atoms with Gasteiger partial charge in [0.15, 0.2) is 0 Å². The van der Waals surface area contributed by atoms with Crippen LogP contribution in [0.1, 0.15) is 17.7 Å². The number of methoxy groups -OCH3 is 1. The molecule has 4 rings (SSSR count). The van der Waals surface area contributed by atoms with E-state index in [4.69, 9.17) is 19.2 Å². The van der Waals surface area contributed by atoms with Crippen LogP contribution in [0.15, 0.2) is 29.3 Å². The fourth-order valence-corrected chi connectivity index (χ4v) is 3.96. The SMILES string of the molecule is COc1nc2c(cc1NSc1ccc(OC3CCOC3)nc1)CCN(C)CC2. The highest BCUT2D eigenvalue weighted by Gasteiger charge is 2.18. The summed E-state index contributed by atoms with van der Waals surface area (Å²) in [4.78, 5) is 12.5. The molecule has 0 aromatic carbocycles. The zero-order valence-corrected chi connectivity index (χ0v) is 17.1. The van der Waals surface area contributed by atoms with Crippen molar-refractivity contribution in [3.8, 4) is 11.8 Å². The van der Waals surface area contributed by atoms with Gasteiger partial charge in [-0.05, 0) is 43.1 Å². The number of nitrogens with zero attached hydrogens (tertiary/aromatic N) is 3. The molecule has 4 heterocycles. The van der Waals surface area contributed by atoms with Gasteiger partial charge >= 0.3 is 0 Å². The first-order valence-corrected chi connectivity index (χ1v) is 10.4. The first kappa shape index (κ1) is 19.3. The maximum Gasteiger partial charge on any atom is 0.238 e. The van der Waals surface area contributed by atoms with Gasteiger partial charge in [0, 0.05) is 48.8 Å². The van der Waals surface area contributed by atoms with Crippen molar-refractivity contribution in [3.05, 3.63) is 35.7 Å². The lowest BCUT2D eigenvalue weighted by Crippen LogP contribution is -2.20.